The molecule has 0 heterocycles. The molecule has 0 fully saturated rings. The zero-order valence-corrected chi connectivity index (χ0v) is 30.7. The minimum Gasteiger partial charge on any atom is -0.493 e. The highest BCUT2D eigenvalue weighted by Crippen LogP contribution is 2.33. The Labute approximate surface area is 286 Å². The fourth-order valence-corrected chi connectivity index (χ4v) is 5.13. The summed E-state index contributed by atoms with van der Waals surface area (Å²) in [5.74, 6) is -1.08. The number of azide groups is 1. The lowest BCUT2D eigenvalue weighted by Gasteiger charge is -2.33. The summed E-state index contributed by atoms with van der Waals surface area (Å²) in [6.07, 6.45) is 0.889. The topological polar surface area (TPSA) is 201 Å². The van der Waals surface area contributed by atoms with E-state index >= 15 is 0 Å². The molecule has 13 heteroatoms. The van der Waals surface area contributed by atoms with Gasteiger partial charge in [0.05, 0.1) is 25.2 Å². The van der Waals surface area contributed by atoms with E-state index in [-0.39, 0.29) is 42.5 Å². The number of amides is 2. The van der Waals surface area contributed by atoms with Crippen LogP contribution in [0.2, 0.25) is 0 Å². The summed E-state index contributed by atoms with van der Waals surface area (Å²) in [6.45, 7) is 16.0. The maximum atomic E-state index is 13.5. The van der Waals surface area contributed by atoms with Crippen LogP contribution in [0.4, 0.5) is 0 Å². The van der Waals surface area contributed by atoms with Gasteiger partial charge in [0, 0.05) is 37.5 Å². The first-order valence-electron chi connectivity index (χ1n) is 16.8. The van der Waals surface area contributed by atoms with Gasteiger partial charge in [-0.15, -0.1) is 0 Å². The van der Waals surface area contributed by atoms with Gasteiger partial charge in [0.25, 0.3) is 0 Å². The Morgan fingerprint density at radius 3 is 2.17 bits per heavy atom. The number of nitrogens with two attached hydrogens (primary N) is 2. The number of nitrogens with one attached hydrogen (secondary N) is 1. The van der Waals surface area contributed by atoms with Crippen LogP contribution in [-0.4, -0.2) is 69.9 Å². The predicted octanol–water partition coefficient (Wildman–Crippen LogP) is 5.18. The number of nitrogens with zero attached hydrogens (tertiary/aromatic N) is 3. The average molecular weight is 677 g/mol. The summed E-state index contributed by atoms with van der Waals surface area (Å²) in [5, 5.41) is 6.99. The van der Waals surface area contributed by atoms with Crippen molar-refractivity contribution in [3.63, 3.8) is 0 Å². The third kappa shape index (κ3) is 13.9. The Kier molecular flexibility index (Phi) is 18.4. The monoisotopic (exact) mass is 676 g/mol. The van der Waals surface area contributed by atoms with Crippen molar-refractivity contribution < 1.29 is 33.3 Å². The third-order valence-corrected chi connectivity index (χ3v) is 8.85. The molecular weight excluding hydrogens is 616 g/mol. The first-order chi connectivity index (χ1) is 22.5. The van der Waals surface area contributed by atoms with E-state index in [9.17, 15) is 19.9 Å². The Hall–Kier alpha value is -3.54. The number of carbonyl (C=O) groups is 3. The van der Waals surface area contributed by atoms with Crippen LogP contribution in [0.25, 0.3) is 10.4 Å². The second-order valence-corrected chi connectivity index (χ2v) is 14.2. The van der Waals surface area contributed by atoms with Gasteiger partial charge in [0.2, 0.25) is 11.8 Å². The van der Waals surface area contributed by atoms with Crippen LogP contribution in [0.5, 0.6) is 11.5 Å². The van der Waals surface area contributed by atoms with Gasteiger partial charge in [-0.3, -0.25) is 14.4 Å². The quantitative estimate of drug-likeness (QED) is 0.0462. The fourth-order valence-electron chi connectivity index (χ4n) is 5.13. The summed E-state index contributed by atoms with van der Waals surface area (Å²) >= 11 is 0. The van der Waals surface area contributed by atoms with Gasteiger partial charge in [-0.1, -0.05) is 52.7 Å². The zero-order chi connectivity index (χ0) is 36.6. The van der Waals surface area contributed by atoms with Gasteiger partial charge in [-0.25, -0.2) is 0 Å². The lowest BCUT2D eigenvalue weighted by molar-refractivity contribution is -0.155. The van der Waals surface area contributed by atoms with Gasteiger partial charge in [0.15, 0.2) is 11.5 Å². The molecule has 5 atom stereocenters. The summed E-state index contributed by atoms with van der Waals surface area (Å²) < 4.78 is 22.6. The van der Waals surface area contributed by atoms with E-state index in [0.29, 0.717) is 37.6 Å². The molecule has 0 spiro atoms. The van der Waals surface area contributed by atoms with Crippen LogP contribution in [0.15, 0.2) is 23.3 Å². The third-order valence-electron chi connectivity index (χ3n) is 8.85. The molecule has 0 aliphatic heterocycles. The summed E-state index contributed by atoms with van der Waals surface area (Å²) in [4.78, 5) is 41.7. The van der Waals surface area contributed by atoms with Gasteiger partial charge in [-0.05, 0) is 80.0 Å². The molecular formula is C35H60N6O7. The van der Waals surface area contributed by atoms with Crippen molar-refractivity contribution in [3.8, 4) is 11.5 Å². The molecule has 1 rings (SSSR count). The molecule has 0 bridgehead atoms. The van der Waals surface area contributed by atoms with E-state index in [0.717, 1.165) is 12.0 Å². The van der Waals surface area contributed by atoms with Gasteiger partial charge in [0.1, 0.15) is 12.1 Å². The molecule has 0 saturated heterocycles. The lowest BCUT2D eigenvalue weighted by atomic mass is 9.80. The van der Waals surface area contributed by atoms with Crippen LogP contribution in [0.3, 0.4) is 0 Å². The molecule has 0 aliphatic rings. The van der Waals surface area contributed by atoms with Crippen molar-refractivity contribution in [1.82, 2.24) is 5.32 Å². The molecule has 1 aromatic rings. The standard InChI is InChI=1S/C35H60N6O7/c1-21(2)25(16-24-12-13-28(46-10)30(17-24)47-15-11-14-45-9)18-27(40-41-38)29(48-33(43)31(36)23(5)6)19-26(22(3)4)32(42)39-20-35(7,8)34(37)44/h12-13,17,21-23,25-27,29,31H,11,14-16,18-20,36H2,1-10H3,(H2,37,44)(H,39,42)/t25-,26-,27-,29-,31-/m0/s1. The van der Waals surface area contributed by atoms with Crippen LogP contribution < -0.4 is 26.3 Å². The van der Waals surface area contributed by atoms with E-state index in [4.69, 9.17) is 30.4 Å². The van der Waals surface area contributed by atoms with Crippen molar-refractivity contribution in [2.24, 2.45) is 51.6 Å². The number of hydrogen-bond donors (Lipinski definition) is 3. The van der Waals surface area contributed by atoms with E-state index in [2.05, 4.69) is 29.2 Å². The van der Waals surface area contributed by atoms with E-state index in [1.54, 1.807) is 28.1 Å². The molecule has 0 aliphatic carbocycles. The number of benzene rings is 1. The molecule has 48 heavy (non-hydrogen) atoms. The molecule has 0 radical (unpaired) electrons. The fraction of sp³-hybridized carbons (Fsp3) is 0.743. The van der Waals surface area contributed by atoms with Crippen LogP contribution in [0.1, 0.15) is 80.2 Å². The smallest absolute Gasteiger partial charge is 0.323 e. The van der Waals surface area contributed by atoms with Crippen molar-refractivity contribution in [1.29, 1.82) is 0 Å². The van der Waals surface area contributed by atoms with Crippen LogP contribution >= 0.6 is 0 Å². The second kappa shape index (κ2) is 20.7. The number of rotatable bonds is 23. The summed E-state index contributed by atoms with van der Waals surface area (Å²) in [5.41, 5.74) is 21.4. The highest BCUT2D eigenvalue weighted by Gasteiger charge is 2.36. The normalized spacial score (nSPS) is 14.9. The summed E-state index contributed by atoms with van der Waals surface area (Å²) in [6, 6.07) is 4.11. The summed E-state index contributed by atoms with van der Waals surface area (Å²) in [7, 11) is 3.24. The highest BCUT2D eigenvalue weighted by molar-refractivity contribution is 5.83. The van der Waals surface area contributed by atoms with E-state index in [1.807, 2.05) is 45.9 Å². The molecule has 13 nitrogen and oxygen atoms in total. The average Bonchev–Trinajstić information content (AvgIpc) is 3.02. The van der Waals surface area contributed by atoms with E-state index < -0.39 is 41.4 Å². The Bertz CT molecular complexity index is 1220. The minimum atomic E-state index is -0.957. The predicted molar refractivity (Wildman–Crippen MR) is 186 cm³/mol. The number of esters is 1. The van der Waals surface area contributed by atoms with Crippen molar-refractivity contribution in [2.75, 3.05) is 34.0 Å². The van der Waals surface area contributed by atoms with Crippen LogP contribution in [0, 0.1) is 35.0 Å². The van der Waals surface area contributed by atoms with Gasteiger partial charge in [-0.2, -0.15) is 0 Å². The highest BCUT2D eigenvalue weighted by atomic mass is 16.5. The molecule has 0 unspecified atom stereocenters. The molecule has 0 saturated carbocycles. The Morgan fingerprint density at radius 1 is 0.979 bits per heavy atom. The van der Waals surface area contributed by atoms with Gasteiger partial charge < -0.3 is 35.7 Å². The minimum absolute atomic E-state index is 0.00194. The van der Waals surface area contributed by atoms with E-state index in [1.165, 1.54) is 0 Å². The van der Waals surface area contributed by atoms with Crippen LogP contribution in [-0.2, 0) is 30.3 Å². The van der Waals surface area contributed by atoms with Gasteiger partial charge >= 0.3 is 5.97 Å². The SMILES string of the molecule is COCCCOc1cc(C[C@@H](C[C@H](N=[N+]=[N-])[C@H](C[C@H](C(=O)NCC(C)(C)C(N)=O)C(C)C)OC(=O)[C@@H](N)C(C)C)C(C)C)ccc1OC. The maximum absolute atomic E-state index is 13.5. The number of carbonyl (C=O) groups excluding carboxylic acids is 3. The first kappa shape index (κ1) is 42.5. The number of primary amides is 1. The zero-order valence-electron chi connectivity index (χ0n) is 30.7. The van der Waals surface area contributed by atoms with Crippen molar-refractivity contribution >= 4 is 17.8 Å². The largest absolute Gasteiger partial charge is 0.493 e. The second-order valence-electron chi connectivity index (χ2n) is 14.2. The Morgan fingerprint density at radius 2 is 1.65 bits per heavy atom. The van der Waals surface area contributed by atoms with Crippen molar-refractivity contribution in [2.45, 2.75) is 99.3 Å². The number of methoxy groups -OCH3 is 2. The lowest BCUT2D eigenvalue weighted by Crippen LogP contribution is -2.47. The maximum Gasteiger partial charge on any atom is 0.323 e. The first-order valence-corrected chi connectivity index (χ1v) is 16.8. The number of ether oxygens (including phenoxy) is 4. The van der Waals surface area contributed by atoms with Crippen molar-refractivity contribution in [3.05, 3.63) is 34.2 Å². The molecule has 0 aromatic heterocycles. The molecule has 5 N–H and O–H groups in total. The molecule has 272 valence electrons. The molecule has 1 aromatic carbocycles. The molecule has 2 amide bonds. The number of hydrogen-bond acceptors (Lipinski definition) is 9. The Balaban J connectivity index is 3.44.